The van der Waals surface area contributed by atoms with Crippen LogP contribution in [0, 0.1) is 18.6 Å². The number of hydrogen-bond acceptors (Lipinski definition) is 2. The summed E-state index contributed by atoms with van der Waals surface area (Å²) in [5.74, 6) is -1.81. The first-order valence-electron chi connectivity index (χ1n) is 6.71. The highest BCUT2D eigenvalue weighted by molar-refractivity contribution is 5.67. The minimum Gasteiger partial charge on any atom is -0.481 e. The maximum atomic E-state index is 14.0. The Morgan fingerprint density at radius 2 is 1.90 bits per heavy atom. The molecular weight excluding hydrogens is 264 g/mol. The lowest BCUT2D eigenvalue weighted by molar-refractivity contribution is -0.138. The molecule has 0 aliphatic heterocycles. The van der Waals surface area contributed by atoms with Gasteiger partial charge in [-0.2, -0.15) is 0 Å². The van der Waals surface area contributed by atoms with E-state index in [0.717, 1.165) is 0 Å². The van der Waals surface area contributed by atoms with Crippen LogP contribution in [-0.4, -0.2) is 28.6 Å². The lowest BCUT2D eigenvalue weighted by Gasteiger charge is -2.33. The number of benzene rings is 1. The topological polar surface area (TPSA) is 40.5 Å². The molecule has 1 aromatic carbocycles. The van der Waals surface area contributed by atoms with Crippen molar-refractivity contribution in [1.29, 1.82) is 0 Å². The Balaban J connectivity index is 3.04. The molecule has 2 atom stereocenters. The summed E-state index contributed by atoms with van der Waals surface area (Å²) < 4.78 is 27.6. The Kier molecular flexibility index (Phi) is 5.62. The Labute approximate surface area is 118 Å². The van der Waals surface area contributed by atoms with Gasteiger partial charge in [0.2, 0.25) is 0 Å². The SMILES string of the molecule is CCN(C(C)CC(=O)O)C(C)c1cc(F)c(C)cc1F. The normalized spacial score (nSPS) is 14.3. The van der Waals surface area contributed by atoms with Gasteiger partial charge in [0.25, 0.3) is 0 Å². The van der Waals surface area contributed by atoms with E-state index in [1.54, 1.807) is 13.8 Å². The quantitative estimate of drug-likeness (QED) is 0.869. The number of nitrogens with zero attached hydrogens (tertiary/aromatic N) is 1. The lowest BCUT2D eigenvalue weighted by atomic mass is 10.0. The zero-order valence-corrected chi connectivity index (χ0v) is 12.3. The van der Waals surface area contributed by atoms with E-state index in [-0.39, 0.29) is 29.6 Å². The minimum absolute atomic E-state index is 0.0336. The Morgan fingerprint density at radius 1 is 1.30 bits per heavy atom. The van der Waals surface area contributed by atoms with Gasteiger partial charge in [-0.05, 0) is 45.0 Å². The van der Waals surface area contributed by atoms with E-state index in [9.17, 15) is 13.6 Å². The Morgan fingerprint density at radius 3 is 2.40 bits per heavy atom. The van der Waals surface area contributed by atoms with Crippen LogP contribution in [-0.2, 0) is 4.79 Å². The number of aliphatic carboxylic acids is 1. The van der Waals surface area contributed by atoms with Crippen LogP contribution >= 0.6 is 0 Å². The fourth-order valence-electron chi connectivity index (χ4n) is 2.50. The highest BCUT2D eigenvalue weighted by Crippen LogP contribution is 2.27. The maximum Gasteiger partial charge on any atom is 0.304 e. The van der Waals surface area contributed by atoms with E-state index >= 15 is 0 Å². The van der Waals surface area contributed by atoms with Crippen molar-refractivity contribution < 1.29 is 18.7 Å². The average molecular weight is 285 g/mol. The first kappa shape index (κ1) is 16.6. The molecule has 20 heavy (non-hydrogen) atoms. The third kappa shape index (κ3) is 3.76. The highest BCUT2D eigenvalue weighted by atomic mass is 19.1. The van der Waals surface area contributed by atoms with Gasteiger partial charge in [-0.3, -0.25) is 9.69 Å². The molecule has 0 amide bonds. The zero-order chi connectivity index (χ0) is 15.4. The molecule has 0 fully saturated rings. The van der Waals surface area contributed by atoms with E-state index in [4.69, 9.17) is 5.11 Å². The molecule has 0 aliphatic carbocycles. The minimum atomic E-state index is -0.904. The molecule has 1 rings (SSSR count). The number of rotatable bonds is 6. The van der Waals surface area contributed by atoms with E-state index in [1.807, 2.05) is 11.8 Å². The summed E-state index contributed by atoms with van der Waals surface area (Å²) in [5, 5.41) is 8.86. The van der Waals surface area contributed by atoms with E-state index in [0.29, 0.717) is 6.54 Å². The molecule has 0 bridgehead atoms. The van der Waals surface area contributed by atoms with Gasteiger partial charge in [0.05, 0.1) is 6.42 Å². The van der Waals surface area contributed by atoms with Crippen LogP contribution < -0.4 is 0 Å². The van der Waals surface area contributed by atoms with E-state index < -0.39 is 17.6 Å². The van der Waals surface area contributed by atoms with Gasteiger partial charge in [0.15, 0.2) is 0 Å². The van der Waals surface area contributed by atoms with Crippen molar-refractivity contribution in [2.45, 2.75) is 46.2 Å². The van der Waals surface area contributed by atoms with Crippen molar-refractivity contribution in [3.63, 3.8) is 0 Å². The second-order valence-corrected chi connectivity index (χ2v) is 5.08. The fourth-order valence-corrected chi connectivity index (χ4v) is 2.50. The third-order valence-corrected chi connectivity index (χ3v) is 3.63. The van der Waals surface area contributed by atoms with Crippen LogP contribution in [0.4, 0.5) is 8.78 Å². The van der Waals surface area contributed by atoms with Gasteiger partial charge in [-0.15, -0.1) is 0 Å². The molecule has 2 unspecified atom stereocenters. The molecule has 1 aromatic rings. The molecule has 0 aliphatic rings. The van der Waals surface area contributed by atoms with Crippen molar-refractivity contribution >= 4 is 5.97 Å². The summed E-state index contributed by atoms with van der Waals surface area (Å²) in [5.41, 5.74) is 0.521. The van der Waals surface area contributed by atoms with Gasteiger partial charge in [0.1, 0.15) is 11.6 Å². The number of carbonyl (C=O) groups is 1. The number of aryl methyl sites for hydroxylation is 1. The molecule has 0 radical (unpaired) electrons. The summed E-state index contributed by atoms with van der Waals surface area (Å²) in [6.45, 7) is 7.48. The second-order valence-electron chi connectivity index (χ2n) is 5.08. The van der Waals surface area contributed by atoms with Gasteiger partial charge >= 0.3 is 5.97 Å². The Bertz CT molecular complexity index is 491. The summed E-state index contributed by atoms with van der Waals surface area (Å²) in [4.78, 5) is 12.6. The van der Waals surface area contributed by atoms with Crippen molar-refractivity contribution in [3.05, 3.63) is 34.9 Å². The number of halogens is 2. The van der Waals surface area contributed by atoms with E-state index in [1.165, 1.54) is 19.1 Å². The first-order valence-corrected chi connectivity index (χ1v) is 6.71. The molecular formula is C15H21F2NO2. The molecule has 0 heterocycles. The van der Waals surface area contributed by atoms with Crippen molar-refractivity contribution in [3.8, 4) is 0 Å². The highest BCUT2D eigenvalue weighted by Gasteiger charge is 2.24. The lowest BCUT2D eigenvalue weighted by Crippen LogP contribution is -2.37. The van der Waals surface area contributed by atoms with Gasteiger partial charge in [-0.1, -0.05) is 6.92 Å². The second kappa shape index (κ2) is 6.79. The molecule has 0 saturated carbocycles. The van der Waals surface area contributed by atoms with Gasteiger partial charge < -0.3 is 5.11 Å². The number of hydrogen-bond donors (Lipinski definition) is 1. The van der Waals surface area contributed by atoms with Gasteiger partial charge in [-0.25, -0.2) is 8.78 Å². The predicted octanol–water partition coefficient (Wildman–Crippen LogP) is 3.52. The average Bonchev–Trinajstić information content (AvgIpc) is 2.33. The molecule has 112 valence electrons. The molecule has 0 aromatic heterocycles. The van der Waals surface area contributed by atoms with Crippen LogP contribution in [0.5, 0.6) is 0 Å². The van der Waals surface area contributed by atoms with Crippen LogP contribution in [0.3, 0.4) is 0 Å². The Hall–Kier alpha value is -1.49. The first-order chi connectivity index (χ1) is 9.27. The predicted molar refractivity (Wildman–Crippen MR) is 73.6 cm³/mol. The number of carboxylic acids is 1. The summed E-state index contributed by atoms with van der Waals surface area (Å²) in [7, 11) is 0. The van der Waals surface area contributed by atoms with Gasteiger partial charge in [0, 0.05) is 17.6 Å². The molecule has 5 heteroatoms. The fraction of sp³-hybridized carbons (Fsp3) is 0.533. The smallest absolute Gasteiger partial charge is 0.304 e. The standard InChI is InChI=1S/C15H21F2NO2/c1-5-18(10(3)7-15(19)20)11(4)12-8-13(16)9(2)6-14(12)17/h6,8,10-11H,5,7H2,1-4H3,(H,19,20). The monoisotopic (exact) mass is 285 g/mol. The molecule has 0 spiro atoms. The third-order valence-electron chi connectivity index (χ3n) is 3.63. The number of carboxylic acid groups (broad SMARTS) is 1. The zero-order valence-electron chi connectivity index (χ0n) is 12.3. The van der Waals surface area contributed by atoms with Crippen LogP contribution in [0.1, 0.15) is 44.4 Å². The summed E-state index contributed by atoms with van der Waals surface area (Å²) in [6.07, 6.45) is -0.0336. The van der Waals surface area contributed by atoms with Crippen LogP contribution in [0.25, 0.3) is 0 Å². The largest absolute Gasteiger partial charge is 0.481 e. The van der Waals surface area contributed by atoms with Crippen LogP contribution in [0.15, 0.2) is 12.1 Å². The van der Waals surface area contributed by atoms with Crippen LogP contribution in [0.2, 0.25) is 0 Å². The molecule has 3 nitrogen and oxygen atoms in total. The summed E-state index contributed by atoms with van der Waals surface area (Å²) >= 11 is 0. The van der Waals surface area contributed by atoms with Crippen molar-refractivity contribution in [1.82, 2.24) is 4.90 Å². The summed E-state index contributed by atoms with van der Waals surface area (Å²) in [6, 6.07) is 1.74. The molecule has 0 saturated heterocycles. The maximum absolute atomic E-state index is 14.0. The molecule has 1 N–H and O–H groups in total. The van der Waals surface area contributed by atoms with Crippen molar-refractivity contribution in [2.24, 2.45) is 0 Å². The van der Waals surface area contributed by atoms with E-state index in [2.05, 4.69) is 0 Å². The van der Waals surface area contributed by atoms with Crippen molar-refractivity contribution in [2.75, 3.05) is 6.54 Å².